The smallest absolute Gasteiger partial charge is 0.146 e. The number of hydrogen-bond acceptors (Lipinski definition) is 4. The summed E-state index contributed by atoms with van der Waals surface area (Å²) in [5.74, 6) is 0.941. The van der Waals surface area contributed by atoms with Gasteiger partial charge in [0.25, 0.3) is 0 Å². The Kier molecular flexibility index (Phi) is 4.61. The highest BCUT2D eigenvalue weighted by atomic mass is 16.5. The number of hydrogen-bond donors (Lipinski definition) is 2. The molecule has 18 heavy (non-hydrogen) atoms. The summed E-state index contributed by atoms with van der Waals surface area (Å²) in [7, 11) is 0. The largest absolute Gasteiger partial charge is 0.489 e. The molecule has 0 aromatic heterocycles. The molecule has 4 heteroatoms. The molecule has 0 unspecified atom stereocenters. The first-order chi connectivity index (χ1) is 8.85. The first kappa shape index (κ1) is 12.9. The second-order valence-corrected chi connectivity index (χ2v) is 4.32. The molecule has 0 saturated carbocycles. The fourth-order valence-corrected chi connectivity index (χ4v) is 2.16. The van der Waals surface area contributed by atoms with Gasteiger partial charge in [0, 0.05) is 31.7 Å². The summed E-state index contributed by atoms with van der Waals surface area (Å²) in [5, 5.41) is 12.4. The molecule has 98 valence electrons. The Morgan fingerprint density at radius 1 is 1.50 bits per heavy atom. The number of para-hydroxylation sites is 1. The van der Waals surface area contributed by atoms with Gasteiger partial charge >= 0.3 is 0 Å². The van der Waals surface area contributed by atoms with E-state index in [-0.39, 0.29) is 6.61 Å². The van der Waals surface area contributed by atoms with Crippen LogP contribution in [0.3, 0.4) is 0 Å². The lowest BCUT2D eigenvalue weighted by Crippen LogP contribution is -2.27. The van der Waals surface area contributed by atoms with Crippen LogP contribution in [0.4, 0.5) is 5.69 Å². The first-order valence-electron chi connectivity index (χ1n) is 6.28. The van der Waals surface area contributed by atoms with Gasteiger partial charge < -0.3 is 15.2 Å². The molecule has 0 bridgehead atoms. The minimum absolute atomic E-state index is 0.155. The number of ether oxygens (including phenoxy) is 1. The van der Waals surface area contributed by atoms with Gasteiger partial charge in [-0.15, -0.1) is 6.58 Å². The molecule has 4 nitrogen and oxygen atoms in total. The number of benzene rings is 1. The number of anilines is 1. The summed E-state index contributed by atoms with van der Waals surface area (Å²) in [5.41, 5.74) is 2.20. The van der Waals surface area contributed by atoms with Gasteiger partial charge in [-0.3, -0.25) is 4.90 Å². The third kappa shape index (κ3) is 3.03. The number of nitrogens with one attached hydrogen (secondary N) is 1. The fraction of sp³-hybridized carbons (Fsp3) is 0.429. The molecule has 0 amide bonds. The maximum absolute atomic E-state index is 9.06. The lowest BCUT2D eigenvalue weighted by Gasteiger charge is -2.25. The summed E-state index contributed by atoms with van der Waals surface area (Å²) in [4.78, 5) is 2.14. The van der Waals surface area contributed by atoms with Crippen molar-refractivity contribution in [3.8, 4) is 5.75 Å². The van der Waals surface area contributed by atoms with Crippen LogP contribution in [0.15, 0.2) is 30.9 Å². The molecule has 1 aromatic carbocycles. The summed E-state index contributed by atoms with van der Waals surface area (Å²) in [6.45, 7) is 7.62. The van der Waals surface area contributed by atoms with Gasteiger partial charge in [-0.2, -0.15) is 0 Å². The van der Waals surface area contributed by atoms with E-state index >= 15 is 0 Å². The van der Waals surface area contributed by atoms with E-state index in [1.807, 2.05) is 18.2 Å². The molecule has 1 heterocycles. The van der Waals surface area contributed by atoms with E-state index in [2.05, 4.69) is 22.9 Å². The maximum Gasteiger partial charge on any atom is 0.146 e. The van der Waals surface area contributed by atoms with Gasteiger partial charge in [0.15, 0.2) is 0 Å². The lowest BCUT2D eigenvalue weighted by molar-refractivity contribution is 0.201. The van der Waals surface area contributed by atoms with Crippen LogP contribution < -0.4 is 10.1 Å². The van der Waals surface area contributed by atoms with Crippen molar-refractivity contribution >= 4 is 5.69 Å². The van der Waals surface area contributed by atoms with Crippen molar-refractivity contribution < 1.29 is 9.84 Å². The van der Waals surface area contributed by atoms with Crippen molar-refractivity contribution in [1.82, 2.24) is 4.90 Å². The number of rotatable bonds is 6. The molecule has 2 rings (SSSR count). The molecule has 1 aliphatic heterocycles. The van der Waals surface area contributed by atoms with Gasteiger partial charge in [-0.25, -0.2) is 0 Å². The van der Waals surface area contributed by atoms with Gasteiger partial charge in [-0.05, 0) is 6.07 Å². The van der Waals surface area contributed by atoms with Crippen molar-refractivity contribution in [3.05, 3.63) is 36.4 Å². The van der Waals surface area contributed by atoms with Crippen molar-refractivity contribution in [1.29, 1.82) is 0 Å². The maximum atomic E-state index is 9.06. The zero-order valence-electron chi connectivity index (χ0n) is 10.6. The Labute approximate surface area is 108 Å². The van der Waals surface area contributed by atoms with Crippen LogP contribution in [-0.4, -0.2) is 42.9 Å². The predicted molar refractivity (Wildman–Crippen MR) is 73.0 cm³/mol. The minimum Gasteiger partial charge on any atom is -0.489 e. The van der Waals surface area contributed by atoms with E-state index in [0.29, 0.717) is 13.2 Å². The van der Waals surface area contributed by atoms with Crippen molar-refractivity contribution in [2.75, 3.05) is 38.2 Å². The van der Waals surface area contributed by atoms with Crippen LogP contribution in [-0.2, 0) is 6.54 Å². The normalized spacial score (nSPS) is 13.7. The highest BCUT2D eigenvalue weighted by Crippen LogP contribution is 2.31. The van der Waals surface area contributed by atoms with Gasteiger partial charge in [0.1, 0.15) is 12.4 Å². The highest BCUT2D eigenvalue weighted by molar-refractivity contribution is 5.61. The molecule has 0 aliphatic carbocycles. The van der Waals surface area contributed by atoms with Crippen LogP contribution in [0.5, 0.6) is 5.75 Å². The molecule has 0 saturated heterocycles. The second-order valence-electron chi connectivity index (χ2n) is 4.32. The van der Waals surface area contributed by atoms with E-state index in [1.54, 1.807) is 0 Å². The predicted octanol–water partition coefficient (Wildman–Crippen LogP) is 1.47. The van der Waals surface area contributed by atoms with Crippen LogP contribution >= 0.6 is 0 Å². The Morgan fingerprint density at radius 2 is 2.39 bits per heavy atom. The molecule has 1 aliphatic rings. The van der Waals surface area contributed by atoms with Crippen LogP contribution in [0.1, 0.15) is 5.56 Å². The van der Waals surface area contributed by atoms with E-state index in [4.69, 9.17) is 9.84 Å². The molecule has 0 radical (unpaired) electrons. The number of nitrogens with zero attached hydrogens (tertiary/aromatic N) is 1. The summed E-state index contributed by atoms with van der Waals surface area (Å²) < 4.78 is 5.73. The number of aliphatic hydroxyl groups is 1. The molecular formula is C14H20N2O2. The molecule has 1 aromatic rings. The Morgan fingerprint density at radius 3 is 3.17 bits per heavy atom. The van der Waals surface area contributed by atoms with Crippen LogP contribution in [0, 0.1) is 0 Å². The quantitative estimate of drug-likeness (QED) is 0.748. The monoisotopic (exact) mass is 248 g/mol. The standard InChI is InChI=1S/C14H20N2O2/c1-2-7-16(8-9-17)11-12-4-3-5-13-14(12)18-10-6-15-13/h2-5,15,17H,1,6-11H2. The van der Waals surface area contributed by atoms with Gasteiger partial charge in [-0.1, -0.05) is 18.2 Å². The van der Waals surface area contributed by atoms with Crippen LogP contribution in [0.2, 0.25) is 0 Å². The van der Waals surface area contributed by atoms with E-state index in [9.17, 15) is 0 Å². The summed E-state index contributed by atoms with van der Waals surface area (Å²) in [6, 6.07) is 6.13. The summed E-state index contributed by atoms with van der Waals surface area (Å²) in [6.07, 6.45) is 1.85. The Balaban J connectivity index is 2.14. The lowest BCUT2D eigenvalue weighted by atomic mass is 10.1. The molecule has 0 spiro atoms. The van der Waals surface area contributed by atoms with E-state index in [0.717, 1.165) is 36.6 Å². The van der Waals surface area contributed by atoms with Gasteiger partial charge in [0.2, 0.25) is 0 Å². The molecule has 0 atom stereocenters. The second kappa shape index (κ2) is 6.42. The zero-order valence-corrected chi connectivity index (χ0v) is 10.6. The van der Waals surface area contributed by atoms with Crippen molar-refractivity contribution in [2.45, 2.75) is 6.54 Å². The molecule has 2 N–H and O–H groups in total. The average Bonchev–Trinajstić information content (AvgIpc) is 2.40. The van der Waals surface area contributed by atoms with Gasteiger partial charge in [0.05, 0.1) is 12.3 Å². The first-order valence-corrected chi connectivity index (χ1v) is 6.28. The van der Waals surface area contributed by atoms with Crippen molar-refractivity contribution in [3.63, 3.8) is 0 Å². The molecule has 0 fully saturated rings. The third-order valence-corrected chi connectivity index (χ3v) is 2.96. The Hall–Kier alpha value is -1.52. The van der Waals surface area contributed by atoms with Crippen molar-refractivity contribution in [2.24, 2.45) is 0 Å². The number of aliphatic hydroxyl groups excluding tert-OH is 1. The van der Waals surface area contributed by atoms with E-state index < -0.39 is 0 Å². The Bertz CT molecular complexity index is 407. The third-order valence-electron chi connectivity index (χ3n) is 2.96. The topological polar surface area (TPSA) is 44.7 Å². The SMILES string of the molecule is C=CCN(CCO)Cc1cccc2c1OCCN2. The van der Waals surface area contributed by atoms with Crippen LogP contribution in [0.25, 0.3) is 0 Å². The van der Waals surface area contributed by atoms with E-state index in [1.165, 1.54) is 0 Å². The summed E-state index contributed by atoms with van der Waals surface area (Å²) >= 11 is 0. The number of fused-ring (bicyclic) bond motifs is 1. The molecular weight excluding hydrogens is 228 g/mol. The highest BCUT2D eigenvalue weighted by Gasteiger charge is 2.15. The minimum atomic E-state index is 0.155. The fourth-order valence-electron chi connectivity index (χ4n) is 2.16. The zero-order chi connectivity index (χ0) is 12.8. The average molecular weight is 248 g/mol.